The minimum atomic E-state index is -3.98. The number of benzene rings is 1. The zero-order valence-corrected chi connectivity index (χ0v) is 13.8. The molecule has 0 fully saturated rings. The fourth-order valence-corrected chi connectivity index (χ4v) is 3.43. The summed E-state index contributed by atoms with van der Waals surface area (Å²) in [7, 11) is -2.28. The Morgan fingerprint density at radius 3 is 2.81 bits per heavy atom. The van der Waals surface area contributed by atoms with Crippen LogP contribution in [0.3, 0.4) is 0 Å². The van der Waals surface area contributed by atoms with Crippen LogP contribution in [0.4, 0.5) is 10.1 Å². The molecule has 1 aromatic heterocycles. The van der Waals surface area contributed by atoms with Crippen molar-refractivity contribution in [3.8, 4) is 0 Å². The minimum absolute atomic E-state index is 0.138. The van der Waals surface area contributed by atoms with Gasteiger partial charge < -0.3 is 5.32 Å². The van der Waals surface area contributed by atoms with Crippen LogP contribution in [0.15, 0.2) is 27.7 Å². The van der Waals surface area contributed by atoms with Crippen molar-refractivity contribution in [1.82, 2.24) is 15.5 Å². The van der Waals surface area contributed by atoms with E-state index in [9.17, 15) is 12.8 Å². The first-order valence-corrected chi connectivity index (χ1v) is 8.29. The van der Waals surface area contributed by atoms with Crippen molar-refractivity contribution in [1.29, 1.82) is 0 Å². The summed E-state index contributed by atoms with van der Waals surface area (Å²) >= 11 is 3.17. The predicted molar refractivity (Wildman–Crippen MR) is 81.0 cm³/mol. The highest BCUT2D eigenvalue weighted by atomic mass is 79.9. The van der Waals surface area contributed by atoms with Crippen molar-refractivity contribution >= 4 is 31.6 Å². The lowest BCUT2D eigenvalue weighted by Gasteiger charge is -2.09. The average Bonchev–Trinajstić information content (AvgIpc) is 2.77. The number of aryl methyl sites for hydroxylation is 1. The van der Waals surface area contributed by atoms with Crippen molar-refractivity contribution < 1.29 is 12.8 Å². The Kier molecular flexibility index (Phi) is 4.64. The van der Waals surface area contributed by atoms with Crippen molar-refractivity contribution in [3.05, 3.63) is 39.7 Å². The van der Waals surface area contributed by atoms with Gasteiger partial charge in [-0.15, -0.1) is 0 Å². The molecule has 0 unspecified atom stereocenters. The van der Waals surface area contributed by atoms with Gasteiger partial charge in [-0.25, -0.2) is 4.39 Å². The third kappa shape index (κ3) is 3.42. The smallest absolute Gasteiger partial charge is 0.281 e. The van der Waals surface area contributed by atoms with Gasteiger partial charge in [-0.05, 0) is 32.2 Å². The van der Waals surface area contributed by atoms with Gasteiger partial charge in [0, 0.05) is 22.3 Å². The normalized spacial score (nSPS) is 11.6. The third-order valence-electron chi connectivity index (χ3n) is 2.82. The summed E-state index contributed by atoms with van der Waals surface area (Å²) in [5, 5.41) is 9.16. The number of sulfonamides is 1. The molecule has 0 amide bonds. The summed E-state index contributed by atoms with van der Waals surface area (Å²) in [6.45, 7) is 2.05. The second kappa shape index (κ2) is 6.12. The highest BCUT2D eigenvalue weighted by Gasteiger charge is 2.24. The Bertz CT molecular complexity index is 761. The maximum Gasteiger partial charge on any atom is 0.281 e. The predicted octanol–water partition coefficient (Wildman–Crippen LogP) is 2.14. The molecule has 0 aliphatic carbocycles. The van der Waals surface area contributed by atoms with E-state index in [4.69, 9.17) is 0 Å². The van der Waals surface area contributed by atoms with Gasteiger partial charge in [0.05, 0.1) is 5.69 Å². The molecule has 9 heteroatoms. The molecular formula is C12H14BrFN4O2S. The monoisotopic (exact) mass is 376 g/mol. The number of aromatic amines is 1. The summed E-state index contributed by atoms with van der Waals surface area (Å²) in [5.41, 5.74) is 1.01. The van der Waals surface area contributed by atoms with E-state index in [1.54, 1.807) is 14.0 Å². The van der Waals surface area contributed by atoms with E-state index in [2.05, 4.69) is 36.2 Å². The fourth-order valence-electron chi connectivity index (χ4n) is 1.81. The number of hydrogen-bond donors (Lipinski definition) is 3. The summed E-state index contributed by atoms with van der Waals surface area (Å²) in [5.74, 6) is -0.663. The number of hydrogen-bond acceptors (Lipinski definition) is 4. The van der Waals surface area contributed by atoms with E-state index >= 15 is 0 Å². The Morgan fingerprint density at radius 2 is 2.14 bits per heavy atom. The molecule has 2 rings (SSSR count). The van der Waals surface area contributed by atoms with Gasteiger partial charge in [-0.1, -0.05) is 15.9 Å². The maximum absolute atomic E-state index is 13.7. The number of rotatable bonds is 5. The van der Waals surface area contributed by atoms with Gasteiger partial charge >= 0.3 is 0 Å². The van der Waals surface area contributed by atoms with Crippen LogP contribution in [0.2, 0.25) is 0 Å². The van der Waals surface area contributed by atoms with Crippen LogP contribution < -0.4 is 10.0 Å². The first-order valence-electron chi connectivity index (χ1n) is 6.01. The molecule has 6 nitrogen and oxygen atoms in total. The van der Waals surface area contributed by atoms with Gasteiger partial charge in [0.1, 0.15) is 5.82 Å². The zero-order valence-electron chi connectivity index (χ0n) is 11.4. The molecule has 0 aliphatic heterocycles. The van der Waals surface area contributed by atoms with E-state index in [0.29, 0.717) is 22.3 Å². The largest absolute Gasteiger partial charge is 0.316 e. The van der Waals surface area contributed by atoms with Crippen molar-refractivity contribution in [2.75, 3.05) is 11.8 Å². The molecule has 0 saturated carbocycles. The van der Waals surface area contributed by atoms with E-state index in [1.165, 1.54) is 18.2 Å². The molecule has 1 heterocycles. The Morgan fingerprint density at radius 1 is 1.43 bits per heavy atom. The molecule has 1 aromatic carbocycles. The highest BCUT2D eigenvalue weighted by molar-refractivity contribution is 9.10. The van der Waals surface area contributed by atoms with Crippen molar-refractivity contribution in [2.45, 2.75) is 18.5 Å². The minimum Gasteiger partial charge on any atom is -0.316 e. The molecular weight excluding hydrogens is 363 g/mol. The second-order valence-corrected chi connectivity index (χ2v) is 6.91. The number of nitrogens with zero attached hydrogens (tertiary/aromatic N) is 1. The summed E-state index contributed by atoms with van der Waals surface area (Å²) < 4.78 is 41.2. The number of aromatic nitrogens is 2. The molecule has 114 valence electrons. The first kappa shape index (κ1) is 15.9. The van der Waals surface area contributed by atoms with Crippen LogP contribution in [-0.2, 0) is 16.6 Å². The van der Waals surface area contributed by atoms with Crippen LogP contribution in [0.5, 0.6) is 0 Å². The van der Waals surface area contributed by atoms with Crippen LogP contribution in [0, 0.1) is 12.7 Å². The van der Waals surface area contributed by atoms with E-state index in [0.717, 1.165) is 0 Å². The van der Waals surface area contributed by atoms with Crippen LogP contribution in [0.1, 0.15) is 11.3 Å². The Balaban J connectivity index is 2.41. The Hall–Kier alpha value is -1.45. The quantitative estimate of drug-likeness (QED) is 0.745. The van der Waals surface area contributed by atoms with Crippen LogP contribution in [0.25, 0.3) is 0 Å². The second-order valence-electron chi connectivity index (χ2n) is 4.39. The number of H-pyrrole nitrogens is 1. The fraction of sp³-hybridized carbons (Fsp3) is 0.250. The number of nitrogens with one attached hydrogen (secondary N) is 3. The van der Waals surface area contributed by atoms with Crippen molar-refractivity contribution in [2.24, 2.45) is 0 Å². The van der Waals surface area contributed by atoms with Gasteiger partial charge in [-0.3, -0.25) is 9.82 Å². The Labute approximate surface area is 130 Å². The SMILES string of the molecule is CNCc1c(S(=O)(=O)Nc2cc(Br)ccc2F)n[nH]c1C. The lowest BCUT2D eigenvalue weighted by molar-refractivity contribution is 0.592. The molecule has 0 aliphatic rings. The lowest BCUT2D eigenvalue weighted by Crippen LogP contribution is -2.18. The average molecular weight is 377 g/mol. The zero-order chi connectivity index (χ0) is 15.6. The molecule has 0 atom stereocenters. The maximum atomic E-state index is 13.7. The topological polar surface area (TPSA) is 86.9 Å². The lowest BCUT2D eigenvalue weighted by atomic mass is 10.3. The van der Waals surface area contributed by atoms with Crippen LogP contribution >= 0.6 is 15.9 Å². The summed E-state index contributed by atoms with van der Waals surface area (Å²) in [4.78, 5) is 0. The summed E-state index contributed by atoms with van der Waals surface area (Å²) in [6.07, 6.45) is 0. The molecule has 0 radical (unpaired) electrons. The molecule has 2 aromatic rings. The van der Waals surface area contributed by atoms with Gasteiger partial charge in [-0.2, -0.15) is 13.5 Å². The summed E-state index contributed by atoms with van der Waals surface area (Å²) in [6, 6.07) is 4.01. The van der Waals surface area contributed by atoms with Crippen LogP contribution in [-0.4, -0.2) is 25.7 Å². The molecule has 0 spiro atoms. The highest BCUT2D eigenvalue weighted by Crippen LogP contribution is 2.24. The van der Waals surface area contributed by atoms with Gasteiger partial charge in [0.2, 0.25) is 5.03 Å². The van der Waals surface area contributed by atoms with Crippen molar-refractivity contribution in [3.63, 3.8) is 0 Å². The molecule has 0 bridgehead atoms. The van der Waals surface area contributed by atoms with E-state index in [1.807, 2.05) is 0 Å². The van der Waals surface area contributed by atoms with E-state index in [-0.39, 0.29) is 10.7 Å². The first-order chi connectivity index (χ1) is 9.85. The number of halogens is 2. The van der Waals surface area contributed by atoms with Gasteiger partial charge in [0.25, 0.3) is 10.0 Å². The number of anilines is 1. The van der Waals surface area contributed by atoms with Gasteiger partial charge in [0.15, 0.2) is 0 Å². The standard InChI is InChI=1S/C12H14BrFN4O2S/c1-7-9(6-15-2)12(17-16-7)21(19,20)18-11-5-8(13)3-4-10(11)14/h3-5,15,18H,6H2,1-2H3,(H,16,17). The molecule has 21 heavy (non-hydrogen) atoms. The third-order valence-corrected chi connectivity index (χ3v) is 4.65. The molecule has 0 saturated heterocycles. The van der Waals surface area contributed by atoms with E-state index < -0.39 is 15.8 Å². The molecule has 3 N–H and O–H groups in total.